The molecule has 0 saturated heterocycles. The van der Waals surface area contributed by atoms with E-state index in [9.17, 15) is 18.0 Å². The lowest BCUT2D eigenvalue weighted by Gasteiger charge is -2.32. The molecule has 214 valence electrons. The van der Waals surface area contributed by atoms with Crippen molar-refractivity contribution in [2.75, 3.05) is 38.7 Å². The number of nitrogens with zero attached hydrogens (tertiary/aromatic N) is 2. The second-order valence-electron chi connectivity index (χ2n) is 9.49. The molecule has 40 heavy (non-hydrogen) atoms. The summed E-state index contributed by atoms with van der Waals surface area (Å²) in [4.78, 5) is 27.8. The van der Waals surface area contributed by atoms with E-state index in [-0.39, 0.29) is 23.1 Å². The highest BCUT2D eigenvalue weighted by molar-refractivity contribution is 7.92. The van der Waals surface area contributed by atoms with Gasteiger partial charge < -0.3 is 19.7 Å². The van der Waals surface area contributed by atoms with Gasteiger partial charge in [-0.25, -0.2) is 8.42 Å². The Balaban J connectivity index is 2.06. The van der Waals surface area contributed by atoms with E-state index in [2.05, 4.69) is 5.32 Å². The van der Waals surface area contributed by atoms with Crippen LogP contribution >= 0.6 is 0 Å². The first-order valence-electron chi connectivity index (χ1n) is 12.9. The fraction of sp³-hybridized carbons (Fsp3) is 0.333. The number of ether oxygens (including phenoxy) is 2. The minimum Gasteiger partial charge on any atom is -0.493 e. The van der Waals surface area contributed by atoms with Crippen LogP contribution in [0.1, 0.15) is 23.6 Å². The van der Waals surface area contributed by atoms with Gasteiger partial charge in [0.05, 0.1) is 24.8 Å². The topological polar surface area (TPSA) is 105 Å². The molecule has 0 saturated carbocycles. The van der Waals surface area contributed by atoms with Crippen molar-refractivity contribution in [3.05, 3.63) is 83.4 Å². The summed E-state index contributed by atoms with van der Waals surface area (Å²) in [5.41, 5.74) is 3.02. The van der Waals surface area contributed by atoms with Crippen LogP contribution in [0.4, 0.5) is 5.69 Å². The summed E-state index contributed by atoms with van der Waals surface area (Å²) < 4.78 is 39.9. The summed E-state index contributed by atoms with van der Waals surface area (Å²) >= 11 is 0. The van der Waals surface area contributed by atoms with Crippen LogP contribution in [0, 0.1) is 13.8 Å². The second-order valence-corrected chi connectivity index (χ2v) is 11.3. The van der Waals surface area contributed by atoms with Crippen molar-refractivity contribution >= 4 is 27.5 Å². The van der Waals surface area contributed by atoms with Gasteiger partial charge in [-0.1, -0.05) is 36.4 Å². The lowest BCUT2D eigenvalue weighted by molar-refractivity contribution is -0.138. The highest BCUT2D eigenvalue weighted by Crippen LogP contribution is 2.33. The molecular weight excluding hydrogens is 530 g/mol. The number of carbonyl (C=O) groups is 2. The van der Waals surface area contributed by atoms with Crippen LogP contribution in [0.15, 0.2) is 71.6 Å². The molecule has 3 aromatic rings. The number of hydrogen-bond acceptors (Lipinski definition) is 6. The van der Waals surface area contributed by atoms with E-state index in [4.69, 9.17) is 9.47 Å². The molecule has 0 heterocycles. The van der Waals surface area contributed by atoms with Crippen molar-refractivity contribution in [2.24, 2.45) is 0 Å². The smallest absolute Gasteiger partial charge is 0.264 e. The molecule has 10 heteroatoms. The zero-order valence-electron chi connectivity index (χ0n) is 23.8. The van der Waals surface area contributed by atoms with Gasteiger partial charge in [0, 0.05) is 19.7 Å². The number of amides is 2. The van der Waals surface area contributed by atoms with Crippen molar-refractivity contribution in [3.8, 4) is 11.5 Å². The lowest BCUT2D eigenvalue weighted by Crippen LogP contribution is -2.51. The van der Waals surface area contributed by atoms with E-state index in [1.54, 1.807) is 19.1 Å². The van der Waals surface area contributed by atoms with Gasteiger partial charge in [-0.05, 0) is 68.1 Å². The minimum absolute atomic E-state index is 0.0627. The number of nitrogens with one attached hydrogen (secondary N) is 1. The molecule has 0 aliphatic carbocycles. The van der Waals surface area contributed by atoms with Crippen LogP contribution in [0.5, 0.6) is 11.5 Å². The van der Waals surface area contributed by atoms with Crippen LogP contribution in [0.25, 0.3) is 0 Å². The van der Waals surface area contributed by atoms with E-state index in [0.717, 1.165) is 21.0 Å². The van der Waals surface area contributed by atoms with Crippen molar-refractivity contribution in [1.29, 1.82) is 0 Å². The second kappa shape index (κ2) is 13.3. The Hall–Kier alpha value is -4.05. The molecule has 0 aliphatic rings. The third kappa shape index (κ3) is 7.12. The van der Waals surface area contributed by atoms with Gasteiger partial charge in [-0.2, -0.15) is 0 Å². The van der Waals surface area contributed by atoms with Crippen molar-refractivity contribution < 1.29 is 27.5 Å². The van der Waals surface area contributed by atoms with Gasteiger partial charge in [-0.3, -0.25) is 13.9 Å². The van der Waals surface area contributed by atoms with Crippen LogP contribution in [0.3, 0.4) is 0 Å². The highest BCUT2D eigenvalue weighted by atomic mass is 32.2. The molecule has 0 aliphatic heterocycles. The van der Waals surface area contributed by atoms with E-state index in [0.29, 0.717) is 17.9 Å². The molecule has 9 nitrogen and oxygen atoms in total. The lowest BCUT2D eigenvalue weighted by atomic mass is 10.1. The van der Waals surface area contributed by atoms with Crippen molar-refractivity contribution in [2.45, 2.75) is 38.1 Å². The molecule has 1 N–H and O–H groups in total. The standard InChI is InChI=1S/C30H37N3O6S/c1-21-16-22(2)18-25(17-21)33(40(36,37)26-12-13-27(38-5)28(19-26)39-6)20-29(34)32(23(3)30(35)31-4)15-14-24-10-8-7-9-11-24/h7-13,16-19,23H,14-15,20H2,1-6H3,(H,31,35). The van der Waals surface area contributed by atoms with Crippen molar-refractivity contribution in [1.82, 2.24) is 10.2 Å². The van der Waals surface area contributed by atoms with Crippen LogP contribution in [0.2, 0.25) is 0 Å². The Morgan fingerprint density at radius 3 is 2.10 bits per heavy atom. The van der Waals surface area contributed by atoms with E-state index >= 15 is 0 Å². The summed E-state index contributed by atoms with van der Waals surface area (Å²) in [7, 11) is 0.143. The third-order valence-corrected chi connectivity index (χ3v) is 8.38. The van der Waals surface area contributed by atoms with Gasteiger partial charge in [0.15, 0.2) is 11.5 Å². The van der Waals surface area contributed by atoms with Crippen molar-refractivity contribution in [3.63, 3.8) is 0 Å². The average Bonchev–Trinajstić information content (AvgIpc) is 2.94. The molecule has 0 radical (unpaired) electrons. The number of anilines is 1. The molecule has 1 atom stereocenters. The predicted octanol–water partition coefficient (Wildman–Crippen LogP) is 3.72. The monoisotopic (exact) mass is 567 g/mol. The summed E-state index contributed by atoms with van der Waals surface area (Å²) in [6, 6.07) is 18.4. The Kier molecular flexibility index (Phi) is 10.2. The van der Waals surface area contributed by atoms with Gasteiger partial charge in [0.25, 0.3) is 10.0 Å². The summed E-state index contributed by atoms with van der Waals surface area (Å²) in [6.45, 7) is 5.08. The zero-order valence-corrected chi connectivity index (χ0v) is 24.6. The van der Waals surface area contributed by atoms with Gasteiger partial charge in [0.2, 0.25) is 11.8 Å². The number of rotatable bonds is 12. The molecule has 0 fully saturated rings. The Labute approximate surface area is 236 Å². The first kappa shape index (κ1) is 30.5. The molecule has 0 spiro atoms. The van der Waals surface area contributed by atoms with E-state index < -0.39 is 28.5 Å². The number of sulfonamides is 1. The Morgan fingerprint density at radius 1 is 0.900 bits per heavy atom. The number of methoxy groups -OCH3 is 2. The van der Waals surface area contributed by atoms with E-state index in [1.807, 2.05) is 50.2 Å². The largest absolute Gasteiger partial charge is 0.493 e. The molecular formula is C30H37N3O6S. The number of benzene rings is 3. The number of aryl methyl sites for hydroxylation is 2. The Morgan fingerprint density at radius 2 is 1.52 bits per heavy atom. The summed E-state index contributed by atoms with van der Waals surface area (Å²) in [5.74, 6) is -0.229. The Bertz CT molecular complexity index is 1420. The summed E-state index contributed by atoms with van der Waals surface area (Å²) in [5, 5.41) is 2.59. The highest BCUT2D eigenvalue weighted by Gasteiger charge is 2.32. The number of carbonyl (C=O) groups excluding carboxylic acids is 2. The molecule has 3 aromatic carbocycles. The minimum atomic E-state index is -4.24. The molecule has 1 unspecified atom stereocenters. The molecule has 0 aromatic heterocycles. The number of hydrogen-bond donors (Lipinski definition) is 1. The van der Waals surface area contributed by atoms with Crippen LogP contribution < -0.4 is 19.1 Å². The average molecular weight is 568 g/mol. The fourth-order valence-electron chi connectivity index (χ4n) is 4.51. The predicted molar refractivity (Wildman–Crippen MR) is 155 cm³/mol. The first-order chi connectivity index (χ1) is 19.0. The maximum atomic E-state index is 14.1. The first-order valence-corrected chi connectivity index (χ1v) is 14.3. The van der Waals surface area contributed by atoms with Gasteiger partial charge >= 0.3 is 0 Å². The molecule has 3 rings (SSSR count). The fourth-order valence-corrected chi connectivity index (χ4v) is 5.92. The van der Waals surface area contributed by atoms with Gasteiger partial charge in [0.1, 0.15) is 12.6 Å². The quantitative estimate of drug-likeness (QED) is 0.358. The normalized spacial score (nSPS) is 11.8. The maximum Gasteiger partial charge on any atom is 0.264 e. The zero-order chi connectivity index (χ0) is 29.4. The van der Waals surface area contributed by atoms with Crippen LogP contribution in [-0.2, 0) is 26.0 Å². The van der Waals surface area contributed by atoms with E-state index in [1.165, 1.54) is 44.4 Å². The van der Waals surface area contributed by atoms with Gasteiger partial charge in [-0.15, -0.1) is 0 Å². The number of likely N-dealkylation sites (N-methyl/N-ethyl adjacent to an activating group) is 1. The SMILES string of the molecule is CNC(=O)C(C)N(CCc1ccccc1)C(=O)CN(c1cc(C)cc(C)c1)S(=O)(=O)c1ccc(OC)c(OC)c1. The van der Waals surface area contributed by atoms with Crippen LogP contribution in [-0.4, -0.2) is 65.5 Å². The maximum absolute atomic E-state index is 14.1. The molecule has 2 amide bonds. The molecule has 0 bridgehead atoms. The third-order valence-electron chi connectivity index (χ3n) is 6.61. The summed E-state index contributed by atoms with van der Waals surface area (Å²) in [6.07, 6.45) is 0.500.